The zero-order valence-electron chi connectivity index (χ0n) is 8.20. The van der Waals surface area contributed by atoms with Gasteiger partial charge in [-0.25, -0.2) is 0 Å². The van der Waals surface area contributed by atoms with Crippen LogP contribution in [0.25, 0.3) is 0 Å². The minimum absolute atomic E-state index is 0.0504. The minimum Gasteiger partial charge on any atom is -0.368 e. The molecule has 0 aliphatic carbocycles. The maximum Gasteiger partial charge on any atom is 0.253 e. The second-order valence-electron chi connectivity index (χ2n) is 3.50. The number of nitrogens with one attached hydrogen (secondary N) is 1. The molecule has 0 aromatic heterocycles. The highest BCUT2D eigenvalue weighted by Crippen LogP contribution is 2.18. The lowest BCUT2D eigenvalue weighted by molar-refractivity contribution is -0.124. The fourth-order valence-electron chi connectivity index (χ4n) is 1.57. The molecule has 2 rings (SSSR count). The molecule has 0 bridgehead atoms. The average molecular weight is 270 g/mol. The van der Waals surface area contributed by atoms with Gasteiger partial charge in [-0.3, -0.25) is 4.79 Å². The number of carbonyl (C=O) groups is 1. The van der Waals surface area contributed by atoms with E-state index in [1.807, 2.05) is 24.3 Å². The first-order valence-corrected chi connectivity index (χ1v) is 5.73. The Bertz CT molecular complexity index is 361. The normalized spacial score (nSPS) is 20.2. The molecular weight excluding hydrogens is 258 g/mol. The van der Waals surface area contributed by atoms with E-state index in [9.17, 15) is 4.79 Å². The number of hydrogen-bond donors (Lipinski definition) is 1. The molecule has 1 fully saturated rings. The molecular formula is C11H12BrNO2. The summed E-state index contributed by atoms with van der Waals surface area (Å²) in [5, 5.41) is 2.83. The smallest absolute Gasteiger partial charge is 0.253 e. The summed E-state index contributed by atoms with van der Waals surface area (Å²) in [4.78, 5) is 11.7. The number of anilines is 1. The Balaban J connectivity index is 1.99. The molecule has 0 spiro atoms. The van der Waals surface area contributed by atoms with Gasteiger partial charge in [-0.15, -0.1) is 0 Å². The molecule has 1 amide bonds. The van der Waals surface area contributed by atoms with Crippen molar-refractivity contribution in [3.63, 3.8) is 0 Å². The Hall–Kier alpha value is -0.870. The summed E-state index contributed by atoms with van der Waals surface area (Å²) in [7, 11) is 0. The van der Waals surface area contributed by atoms with Crippen molar-refractivity contribution in [1.29, 1.82) is 0 Å². The van der Waals surface area contributed by atoms with Crippen LogP contribution in [0.15, 0.2) is 28.7 Å². The lowest BCUT2D eigenvalue weighted by Gasteiger charge is -2.10. The van der Waals surface area contributed by atoms with Crippen molar-refractivity contribution in [2.24, 2.45) is 0 Å². The molecule has 0 radical (unpaired) electrons. The van der Waals surface area contributed by atoms with Crippen LogP contribution < -0.4 is 5.32 Å². The van der Waals surface area contributed by atoms with Crippen molar-refractivity contribution in [1.82, 2.24) is 0 Å². The summed E-state index contributed by atoms with van der Waals surface area (Å²) < 4.78 is 6.24. The van der Waals surface area contributed by atoms with Gasteiger partial charge in [-0.05, 0) is 31.0 Å². The average Bonchev–Trinajstić information content (AvgIpc) is 2.70. The van der Waals surface area contributed by atoms with Gasteiger partial charge >= 0.3 is 0 Å². The van der Waals surface area contributed by atoms with Gasteiger partial charge in [0.05, 0.1) is 0 Å². The first kappa shape index (κ1) is 10.6. The van der Waals surface area contributed by atoms with Crippen molar-refractivity contribution in [3.05, 3.63) is 28.7 Å². The molecule has 1 aliphatic heterocycles. The number of rotatable bonds is 2. The molecule has 0 saturated carbocycles. The number of halogens is 1. The fraction of sp³-hybridized carbons (Fsp3) is 0.364. The van der Waals surface area contributed by atoms with Crippen molar-refractivity contribution in [2.75, 3.05) is 11.9 Å². The molecule has 1 N–H and O–H groups in total. The van der Waals surface area contributed by atoms with Crippen LogP contribution in [0, 0.1) is 0 Å². The van der Waals surface area contributed by atoms with Crippen LogP contribution in [-0.4, -0.2) is 18.6 Å². The molecule has 4 heteroatoms. The van der Waals surface area contributed by atoms with Crippen molar-refractivity contribution < 1.29 is 9.53 Å². The standard InChI is InChI=1S/C11H12BrNO2/c12-8-3-1-4-9(7-8)13-11(14)10-5-2-6-15-10/h1,3-4,7,10H,2,5-6H2,(H,13,14). The summed E-state index contributed by atoms with van der Waals surface area (Å²) in [5.41, 5.74) is 0.796. The summed E-state index contributed by atoms with van der Waals surface area (Å²) in [5.74, 6) is -0.0504. The maximum absolute atomic E-state index is 11.7. The van der Waals surface area contributed by atoms with E-state index in [0.717, 1.165) is 23.0 Å². The third-order valence-corrected chi connectivity index (χ3v) is 2.81. The molecule has 3 nitrogen and oxygen atoms in total. The van der Waals surface area contributed by atoms with Crippen molar-refractivity contribution >= 4 is 27.5 Å². The maximum atomic E-state index is 11.7. The molecule has 1 saturated heterocycles. The number of ether oxygens (including phenoxy) is 1. The van der Waals surface area contributed by atoms with E-state index in [1.165, 1.54) is 0 Å². The summed E-state index contributed by atoms with van der Waals surface area (Å²) in [6.45, 7) is 0.691. The molecule has 1 atom stereocenters. The Labute approximate surface area is 96.9 Å². The van der Waals surface area contributed by atoms with Crippen molar-refractivity contribution in [3.8, 4) is 0 Å². The third-order valence-electron chi connectivity index (χ3n) is 2.31. The second-order valence-corrected chi connectivity index (χ2v) is 4.42. The quantitative estimate of drug-likeness (QED) is 0.896. The Morgan fingerprint density at radius 2 is 2.40 bits per heavy atom. The van der Waals surface area contributed by atoms with E-state index in [1.54, 1.807) is 0 Å². The molecule has 1 heterocycles. The molecule has 15 heavy (non-hydrogen) atoms. The van der Waals surface area contributed by atoms with Crippen LogP contribution in [0.3, 0.4) is 0 Å². The highest BCUT2D eigenvalue weighted by atomic mass is 79.9. The van der Waals surface area contributed by atoms with Gasteiger partial charge in [-0.1, -0.05) is 22.0 Å². The monoisotopic (exact) mass is 269 g/mol. The zero-order valence-corrected chi connectivity index (χ0v) is 9.79. The van der Waals surface area contributed by atoms with Gasteiger partial charge < -0.3 is 10.1 Å². The first-order valence-electron chi connectivity index (χ1n) is 4.94. The molecule has 80 valence electrons. The fourth-order valence-corrected chi connectivity index (χ4v) is 1.97. The van der Waals surface area contributed by atoms with Gasteiger partial charge in [0.2, 0.25) is 0 Å². The molecule has 1 unspecified atom stereocenters. The van der Waals surface area contributed by atoms with Crippen LogP contribution in [0.2, 0.25) is 0 Å². The molecule has 1 aromatic rings. The van der Waals surface area contributed by atoms with Crippen LogP contribution in [0.1, 0.15) is 12.8 Å². The van der Waals surface area contributed by atoms with E-state index in [0.29, 0.717) is 6.61 Å². The number of hydrogen-bond acceptors (Lipinski definition) is 2. The van der Waals surface area contributed by atoms with Gasteiger partial charge in [0.25, 0.3) is 5.91 Å². The van der Waals surface area contributed by atoms with E-state index in [2.05, 4.69) is 21.2 Å². The highest BCUT2D eigenvalue weighted by Gasteiger charge is 2.23. The van der Waals surface area contributed by atoms with Gasteiger partial charge in [0.15, 0.2) is 0 Å². The first-order chi connectivity index (χ1) is 7.25. The minimum atomic E-state index is -0.274. The van der Waals surface area contributed by atoms with Crippen molar-refractivity contribution in [2.45, 2.75) is 18.9 Å². The lowest BCUT2D eigenvalue weighted by Crippen LogP contribution is -2.26. The van der Waals surface area contributed by atoms with Crippen LogP contribution in [0.5, 0.6) is 0 Å². The SMILES string of the molecule is O=C(Nc1cccc(Br)c1)C1CCCO1. The number of amides is 1. The summed E-state index contributed by atoms with van der Waals surface area (Å²) in [6.07, 6.45) is 1.51. The molecule has 1 aliphatic rings. The van der Waals surface area contributed by atoms with E-state index >= 15 is 0 Å². The summed E-state index contributed by atoms with van der Waals surface area (Å²) >= 11 is 3.35. The number of benzene rings is 1. The topological polar surface area (TPSA) is 38.3 Å². The summed E-state index contributed by atoms with van der Waals surface area (Å²) in [6, 6.07) is 7.53. The lowest BCUT2D eigenvalue weighted by atomic mass is 10.2. The zero-order chi connectivity index (χ0) is 10.7. The van der Waals surface area contributed by atoms with Crippen LogP contribution >= 0.6 is 15.9 Å². The van der Waals surface area contributed by atoms with E-state index in [4.69, 9.17) is 4.74 Å². The Kier molecular flexibility index (Phi) is 3.38. The van der Waals surface area contributed by atoms with E-state index < -0.39 is 0 Å². The Morgan fingerprint density at radius 3 is 3.07 bits per heavy atom. The third kappa shape index (κ3) is 2.79. The van der Waals surface area contributed by atoms with Gasteiger partial charge in [-0.2, -0.15) is 0 Å². The second kappa shape index (κ2) is 4.77. The van der Waals surface area contributed by atoms with Crippen LogP contribution in [0.4, 0.5) is 5.69 Å². The predicted molar refractivity (Wildman–Crippen MR) is 61.7 cm³/mol. The van der Waals surface area contributed by atoms with E-state index in [-0.39, 0.29) is 12.0 Å². The largest absolute Gasteiger partial charge is 0.368 e. The van der Waals surface area contributed by atoms with Crippen LogP contribution in [-0.2, 0) is 9.53 Å². The predicted octanol–water partition coefficient (Wildman–Crippen LogP) is 2.57. The van der Waals surface area contributed by atoms with Gasteiger partial charge in [0, 0.05) is 16.8 Å². The number of carbonyl (C=O) groups excluding carboxylic acids is 1. The van der Waals surface area contributed by atoms with Gasteiger partial charge in [0.1, 0.15) is 6.10 Å². The molecule has 1 aromatic carbocycles. The Morgan fingerprint density at radius 1 is 1.53 bits per heavy atom. The highest BCUT2D eigenvalue weighted by molar-refractivity contribution is 9.10.